The predicted molar refractivity (Wildman–Crippen MR) is 185 cm³/mol. The van der Waals surface area contributed by atoms with Gasteiger partial charge in [-0.15, -0.1) is 0 Å². The van der Waals surface area contributed by atoms with E-state index in [-0.39, 0.29) is 18.0 Å². The molecule has 8 aromatic rings. The molecule has 48 heavy (non-hydrogen) atoms. The van der Waals surface area contributed by atoms with Gasteiger partial charge in [0.2, 0.25) is 5.69 Å². The van der Waals surface area contributed by atoms with E-state index in [1.807, 2.05) is 42.4 Å². The smallest absolute Gasteiger partial charge is 0.222 e. The lowest BCUT2D eigenvalue weighted by atomic mass is 10.1. The van der Waals surface area contributed by atoms with Crippen LogP contribution < -0.4 is 16.4 Å². The molecule has 240 valence electrons. The average molecular weight is 645 g/mol. The minimum Gasteiger partial charge on any atom is -0.371 e. The number of fused-ring (bicyclic) bond motifs is 6. The number of aryl methyl sites for hydroxylation is 2. The first kappa shape index (κ1) is 30.3. The number of rotatable bonds is 5. The third kappa shape index (κ3) is 4.93. The van der Waals surface area contributed by atoms with Crippen molar-refractivity contribution in [2.45, 2.75) is 6.54 Å². The van der Waals surface area contributed by atoms with Gasteiger partial charge < -0.3 is 35.5 Å². The molecule has 6 heterocycles. The summed E-state index contributed by atoms with van der Waals surface area (Å²) in [5, 5.41) is 8.02. The van der Waals surface area contributed by atoms with Crippen LogP contribution in [0.3, 0.4) is 0 Å². The van der Waals surface area contributed by atoms with Crippen molar-refractivity contribution >= 4 is 61.5 Å². The molecule has 0 saturated heterocycles. The number of nitrogens with two attached hydrogens (primary N) is 1. The van der Waals surface area contributed by atoms with Crippen molar-refractivity contribution in [1.29, 1.82) is 0 Å². The fourth-order valence-electron chi connectivity index (χ4n) is 5.92. The number of pyridine rings is 2. The largest absolute Gasteiger partial charge is 0.371 e. The molecule has 0 unspecified atom stereocenters. The van der Waals surface area contributed by atoms with E-state index in [0.29, 0.717) is 22.8 Å². The summed E-state index contributed by atoms with van der Waals surface area (Å²) in [5.74, 6) is 0.595. The summed E-state index contributed by atoms with van der Waals surface area (Å²) >= 11 is 0. The Kier molecular flexibility index (Phi) is 7.45. The van der Waals surface area contributed by atoms with Crippen molar-refractivity contribution in [3.8, 4) is 22.5 Å². The summed E-state index contributed by atoms with van der Waals surface area (Å²) in [7, 11) is 7.49. The summed E-state index contributed by atoms with van der Waals surface area (Å²) < 4.78 is 31.1. The van der Waals surface area contributed by atoms with Crippen LogP contribution in [0.4, 0.5) is 26.1 Å². The number of benzene rings is 2. The summed E-state index contributed by atoms with van der Waals surface area (Å²) in [5.41, 5.74) is 14.4. The molecule has 0 aliphatic heterocycles. The Balaban J connectivity index is 0.000000152. The summed E-state index contributed by atoms with van der Waals surface area (Å²) in [6, 6.07) is 13.4. The summed E-state index contributed by atoms with van der Waals surface area (Å²) in [4.78, 5) is 27.8. The molecule has 12 nitrogen and oxygen atoms in total. The van der Waals surface area contributed by atoms with Gasteiger partial charge in [-0.3, -0.25) is 0 Å². The van der Waals surface area contributed by atoms with Crippen molar-refractivity contribution in [2.24, 2.45) is 19.8 Å². The molecule has 0 amide bonds. The SMILES string of the molecule is CNc1nc2[nH]c(-c3ccc(F)c(CN)c3)cc2c2c1ncn2C.[C-]#[N+]c1cc(-c2cc3c(nc(NC)c4ncn(C)c43)[nH]2)ccc1F. The number of nitrogens with zero attached hydrogens (tertiary/aromatic N) is 7. The van der Waals surface area contributed by atoms with Gasteiger partial charge in [-0.05, 0) is 53.6 Å². The van der Waals surface area contributed by atoms with Gasteiger partial charge in [-0.25, -0.2) is 33.6 Å². The number of hydrogen-bond acceptors (Lipinski definition) is 7. The van der Waals surface area contributed by atoms with E-state index < -0.39 is 5.82 Å². The minimum atomic E-state index is -0.519. The molecule has 2 aromatic carbocycles. The van der Waals surface area contributed by atoms with E-state index in [1.165, 1.54) is 18.2 Å². The number of anilines is 2. The molecular weight excluding hydrogens is 614 g/mol. The zero-order valence-corrected chi connectivity index (χ0v) is 26.4. The quantitative estimate of drug-likeness (QED) is 0.133. The number of hydrogen-bond donors (Lipinski definition) is 5. The van der Waals surface area contributed by atoms with Crippen LogP contribution in [0.1, 0.15) is 5.56 Å². The van der Waals surface area contributed by atoms with Crippen LogP contribution in [0, 0.1) is 18.2 Å². The molecule has 0 atom stereocenters. The van der Waals surface area contributed by atoms with E-state index in [1.54, 1.807) is 37.9 Å². The van der Waals surface area contributed by atoms with E-state index in [0.717, 1.165) is 61.0 Å². The molecule has 6 N–H and O–H groups in total. The standard InChI is InChI=1S/C17H13FN6.C17H17FN6/c1-19-13-6-9(4-5-11(13)18)12-7-10-15-14(21-8-24(15)3)17(20-2)23-16(10)22-12;1-20-17-14-15(24(2)8-21-14)11-6-13(22-16(11)23-17)9-3-4-12(18)10(5-9)7-19/h4-8H,2-3H3,(H2,20,22,23);3-6,8H,7,19H2,1-2H3,(H2,20,22,23). The maximum Gasteiger partial charge on any atom is 0.222 e. The second-order valence-electron chi connectivity index (χ2n) is 11.2. The first-order valence-corrected chi connectivity index (χ1v) is 14.9. The van der Waals surface area contributed by atoms with Gasteiger partial charge in [-0.2, -0.15) is 0 Å². The van der Waals surface area contributed by atoms with Crippen molar-refractivity contribution in [3.63, 3.8) is 0 Å². The fraction of sp³-hybridized carbons (Fsp3) is 0.147. The third-order valence-corrected chi connectivity index (χ3v) is 8.30. The monoisotopic (exact) mass is 644 g/mol. The Labute approximate surface area is 272 Å². The van der Waals surface area contributed by atoms with Gasteiger partial charge in [0, 0.05) is 62.5 Å². The molecule has 0 radical (unpaired) electrons. The molecule has 0 aliphatic carbocycles. The Bertz CT molecular complexity index is 2550. The predicted octanol–water partition coefficient (Wildman–Crippen LogP) is 6.60. The molecule has 0 spiro atoms. The highest BCUT2D eigenvalue weighted by molar-refractivity contribution is 6.08. The second kappa shape index (κ2) is 11.8. The van der Waals surface area contributed by atoms with Gasteiger partial charge in [-0.1, -0.05) is 6.07 Å². The van der Waals surface area contributed by atoms with Crippen LogP contribution in [-0.2, 0) is 20.6 Å². The lowest BCUT2D eigenvalue weighted by molar-refractivity contribution is 0.611. The molecule has 0 bridgehead atoms. The van der Waals surface area contributed by atoms with Crippen LogP contribution >= 0.6 is 0 Å². The van der Waals surface area contributed by atoms with Gasteiger partial charge in [0.15, 0.2) is 11.6 Å². The molecule has 0 aliphatic rings. The van der Waals surface area contributed by atoms with Crippen molar-refractivity contribution in [2.75, 3.05) is 24.7 Å². The maximum absolute atomic E-state index is 13.7. The highest BCUT2D eigenvalue weighted by Crippen LogP contribution is 2.34. The van der Waals surface area contributed by atoms with E-state index in [2.05, 4.69) is 45.4 Å². The van der Waals surface area contributed by atoms with Crippen molar-refractivity contribution < 1.29 is 8.78 Å². The minimum absolute atomic E-state index is 0.000657. The summed E-state index contributed by atoms with van der Waals surface area (Å²) in [6.45, 7) is 7.22. The van der Waals surface area contributed by atoms with Crippen molar-refractivity contribution in [3.05, 3.63) is 89.8 Å². The Morgan fingerprint density at radius 3 is 1.75 bits per heavy atom. The van der Waals surface area contributed by atoms with Crippen LogP contribution in [0.15, 0.2) is 61.2 Å². The van der Waals surface area contributed by atoms with Gasteiger partial charge in [0.1, 0.15) is 34.0 Å². The molecule has 14 heteroatoms. The van der Waals surface area contributed by atoms with E-state index >= 15 is 0 Å². The third-order valence-electron chi connectivity index (χ3n) is 8.30. The second-order valence-corrected chi connectivity index (χ2v) is 11.2. The first-order valence-electron chi connectivity index (χ1n) is 14.9. The highest BCUT2D eigenvalue weighted by Gasteiger charge is 2.17. The maximum atomic E-state index is 13.7. The van der Waals surface area contributed by atoms with Crippen LogP contribution in [0.25, 0.3) is 71.5 Å². The van der Waals surface area contributed by atoms with Gasteiger partial charge in [0.05, 0.1) is 30.3 Å². The number of aromatic nitrogens is 8. The number of nitrogens with one attached hydrogen (secondary N) is 4. The van der Waals surface area contributed by atoms with Crippen LogP contribution in [-0.4, -0.2) is 53.1 Å². The summed E-state index contributed by atoms with van der Waals surface area (Å²) in [6.07, 6.45) is 3.51. The topological polar surface area (TPSA) is 147 Å². The highest BCUT2D eigenvalue weighted by atomic mass is 19.1. The zero-order chi connectivity index (χ0) is 33.7. The van der Waals surface area contributed by atoms with Gasteiger partial charge in [0.25, 0.3) is 0 Å². The normalized spacial score (nSPS) is 11.3. The van der Waals surface area contributed by atoms with E-state index in [9.17, 15) is 8.78 Å². The molecule has 0 saturated carbocycles. The van der Waals surface area contributed by atoms with Crippen LogP contribution in [0.5, 0.6) is 0 Å². The van der Waals surface area contributed by atoms with Gasteiger partial charge >= 0.3 is 0 Å². The zero-order valence-electron chi connectivity index (χ0n) is 26.4. The average Bonchev–Trinajstić information content (AvgIpc) is 3.89. The number of imidazole rings is 2. The first-order chi connectivity index (χ1) is 23.2. The molecule has 8 rings (SSSR count). The molecule has 0 fully saturated rings. The molecular formula is C34H30F2N12. The molecule has 6 aromatic heterocycles. The van der Waals surface area contributed by atoms with Crippen LogP contribution in [0.2, 0.25) is 0 Å². The fourth-order valence-corrected chi connectivity index (χ4v) is 5.92. The lowest BCUT2D eigenvalue weighted by Crippen LogP contribution is -1.99. The Hall–Kier alpha value is -6.33. The Morgan fingerprint density at radius 1 is 0.771 bits per heavy atom. The number of aromatic amines is 2. The number of H-pyrrole nitrogens is 2. The van der Waals surface area contributed by atoms with E-state index in [4.69, 9.17) is 12.3 Å². The Morgan fingerprint density at radius 2 is 1.27 bits per heavy atom. The lowest BCUT2D eigenvalue weighted by Gasteiger charge is -2.03. The van der Waals surface area contributed by atoms with Crippen molar-refractivity contribution in [1.82, 2.24) is 39.0 Å². The number of halogens is 2.